The van der Waals surface area contributed by atoms with E-state index < -0.39 is 0 Å². The van der Waals surface area contributed by atoms with E-state index in [1.54, 1.807) is 0 Å². The Kier molecular flexibility index (Phi) is 4.93. The van der Waals surface area contributed by atoms with Crippen molar-refractivity contribution < 1.29 is 9.53 Å². The first-order valence-corrected chi connectivity index (χ1v) is 9.45. The third kappa shape index (κ3) is 3.45. The van der Waals surface area contributed by atoms with Gasteiger partial charge in [0.25, 0.3) is 0 Å². The molecular weight excluding hydrogens is 334 g/mol. The number of rotatable bonds is 4. The molecule has 3 aromatic rings. The number of carbonyl (C=O) groups excluding carboxylic acids is 1. The summed E-state index contributed by atoms with van der Waals surface area (Å²) in [5.41, 5.74) is 2.86. The van der Waals surface area contributed by atoms with Crippen molar-refractivity contribution in [1.82, 2.24) is 0 Å². The number of hydrogen-bond donors (Lipinski definition) is 0. The number of amides is 1. The summed E-state index contributed by atoms with van der Waals surface area (Å²) in [7, 11) is 0. The highest BCUT2D eigenvalue weighted by Gasteiger charge is 2.34. The van der Waals surface area contributed by atoms with Crippen LogP contribution < -0.4 is 9.64 Å². The molecule has 3 aromatic carbocycles. The standard InChI is InChI=1S/C24H23NO2/c1-2-20-17-25(21-15-9-10-16-22(21)27-20)24(26)23(18-11-5-3-6-12-18)19-13-7-4-8-14-19/h3-16,20,23H,2,17H2,1H3. The summed E-state index contributed by atoms with van der Waals surface area (Å²) in [6.45, 7) is 2.66. The Morgan fingerprint density at radius 1 is 0.926 bits per heavy atom. The normalized spacial score (nSPS) is 15.9. The predicted molar refractivity (Wildman–Crippen MR) is 108 cm³/mol. The average Bonchev–Trinajstić information content (AvgIpc) is 2.74. The number of benzene rings is 3. The Morgan fingerprint density at radius 2 is 1.48 bits per heavy atom. The van der Waals surface area contributed by atoms with Gasteiger partial charge in [-0.2, -0.15) is 0 Å². The van der Waals surface area contributed by atoms with Gasteiger partial charge >= 0.3 is 0 Å². The van der Waals surface area contributed by atoms with E-state index in [9.17, 15) is 4.79 Å². The van der Waals surface area contributed by atoms with Crippen LogP contribution in [-0.4, -0.2) is 18.6 Å². The summed E-state index contributed by atoms with van der Waals surface area (Å²) in [6, 6.07) is 27.8. The highest BCUT2D eigenvalue weighted by atomic mass is 16.5. The zero-order chi connectivity index (χ0) is 18.6. The van der Waals surface area contributed by atoms with Crippen LogP contribution >= 0.6 is 0 Å². The zero-order valence-corrected chi connectivity index (χ0v) is 15.4. The highest BCUT2D eigenvalue weighted by Crippen LogP contribution is 2.37. The summed E-state index contributed by atoms with van der Waals surface area (Å²) >= 11 is 0. The molecule has 0 saturated heterocycles. The van der Waals surface area contributed by atoms with E-state index in [1.165, 1.54) is 0 Å². The number of ether oxygens (including phenoxy) is 1. The first kappa shape index (κ1) is 17.3. The van der Waals surface area contributed by atoms with Crippen molar-refractivity contribution in [1.29, 1.82) is 0 Å². The number of para-hydroxylation sites is 2. The Bertz CT molecular complexity index is 868. The molecule has 27 heavy (non-hydrogen) atoms. The van der Waals surface area contributed by atoms with Crippen LogP contribution in [0.2, 0.25) is 0 Å². The average molecular weight is 357 g/mol. The van der Waals surface area contributed by atoms with Crippen molar-refractivity contribution in [3.8, 4) is 5.75 Å². The van der Waals surface area contributed by atoms with Gasteiger partial charge in [-0.3, -0.25) is 4.79 Å². The lowest BCUT2D eigenvalue weighted by Gasteiger charge is -2.36. The SMILES string of the molecule is CCC1CN(C(=O)C(c2ccccc2)c2ccccc2)c2ccccc2O1. The van der Waals surface area contributed by atoms with Gasteiger partial charge in [0, 0.05) is 0 Å². The number of anilines is 1. The highest BCUT2D eigenvalue weighted by molar-refractivity contribution is 6.01. The van der Waals surface area contributed by atoms with E-state index in [0.29, 0.717) is 6.54 Å². The zero-order valence-electron chi connectivity index (χ0n) is 15.4. The summed E-state index contributed by atoms with van der Waals surface area (Å²) in [5.74, 6) is 0.529. The van der Waals surface area contributed by atoms with E-state index in [2.05, 4.69) is 6.92 Å². The van der Waals surface area contributed by atoms with E-state index in [0.717, 1.165) is 29.0 Å². The lowest BCUT2D eigenvalue weighted by molar-refractivity contribution is -0.119. The smallest absolute Gasteiger partial charge is 0.239 e. The Hall–Kier alpha value is -3.07. The molecule has 1 aliphatic heterocycles. The molecule has 1 atom stereocenters. The van der Waals surface area contributed by atoms with Crippen LogP contribution in [-0.2, 0) is 4.79 Å². The molecule has 0 radical (unpaired) electrons. The fraction of sp³-hybridized carbons (Fsp3) is 0.208. The maximum Gasteiger partial charge on any atom is 0.239 e. The molecule has 136 valence electrons. The molecule has 0 fully saturated rings. The molecular formula is C24H23NO2. The molecule has 1 heterocycles. The molecule has 1 unspecified atom stereocenters. The number of hydrogen-bond acceptors (Lipinski definition) is 2. The van der Waals surface area contributed by atoms with Gasteiger partial charge < -0.3 is 9.64 Å². The third-order valence-corrected chi connectivity index (χ3v) is 5.07. The molecule has 3 heteroatoms. The molecule has 0 spiro atoms. The van der Waals surface area contributed by atoms with Crippen molar-refractivity contribution in [2.24, 2.45) is 0 Å². The van der Waals surface area contributed by atoms with Crippen LogP contribution in [0.1, 0.15) is 30.4 Å². The minimum atomic E-state index is -0.337. The number of nitrogens with zero attached hydrogens (tertiary/aromatic N) is 1. The quantitative estimate of drug-likeness (QED) is 0.656. The minimum Gasteiger partial charge on any atom is -0.486 e. The number of fused-ring (bicyclic) bond motifs is 1. The Morgan fingerprint density at radius 3 is 2.07 bits per heavy atom. The van der Waals surface area contributed by atoms with Crippen molar-refractivity contribution in [3.63, 3.8) is 0 Å². The first-order chi connectivity index (χ1) is 13.3. The van der Waals surface area contributed by atoms with Gasteiger partial charge in [-0.05, 0) is 29.7 Å². The number of carbonyl (C=O) groups is 1. The summed E-state index contributed by atoms with van der Waals surface area (Å²) in [4.78, 5) is 15.7. The molecule has 0 saturated carbocycles. The Labute approximate surface area is 160 Å². The van der Waals surface area contributed by atoms with Crippen molar-refractivity contribution in [3.05, 3.63) is 96.1 Å². The lowest BCUT2D eigenvalue weighted by Crippen LogP contribution is -2.45. The molecule has 4 rings (SSSR count). The fourth-order valence-electron chi connectivity index (χ4n) is 3.64. The molecule has 0 aromatic heterocycles. The molecule has 0 aliphatic carbocycles. The van der Waals surface area contributed by atoms with Gasteiger partial charge in [-0.25, -0.2) is 0 Å². The van der Waals surface area contributed by atoms with Gasteiger partial charge in [0.05, 0.1) is 18.2 Å². The van der Waals surface area contributed by atoms with Gasteiger partial charge in [0.15, 0.2) is 0 Å². The summed E-state index contributed by atoms with van der Waals surface area (Å²) in [6.07, 6.45) is 0.871. The fourth-order valence-corrected chi connectivity index (χ4v) is 3.64. The second-order valence-corrected chi connectivity index (χ2v) is 6.82. The van der Waals surface area contributed by atoms with Gasteiger partial charge in [-0.1, -0.05) is 79.7 Å². The maximum absolute atomic E-state index is 13.8. The van der Waals surface area contributed by atoms with Crippen LogP contribution in [0.15, 0.2) is 84.9 Å². The van der Waals surface area contributed by atoms with Crippen molar-refractivity contribution >= 4 is 11.6 Å². The molecule has 0 bridgehead atoms. The summed E-state index contributed by atoms with van der Waals surface area (Å²) in [5, 5.41) is 0. The van der Waals surface area contributed by atoms with Crippen LogP contribution in [0, 0.1) is 0 Å². The van der Waals surface area contributed by atoms with E-state index in [1.807, 2.05) is 89.8 Å². The maximum atomic E-state index is 13.8. The van der Waals surface area contributed by atoms with Crippen LogP contribution in [0.25, 0.3) is 0 Å². The van der Waals surface area contributed by atoms with Crippen molar-refractivity contribution in [2.75, 3.05) is 11.4 Å². The summed E-state index contributed by atoms with van der Waals surface area (Å²) < 4.78 is 6.06. The van der Waals surface area contributed by atoms with Crippen molar-refractivity contribution in [2.45, 2.75) is 25.4 Å². The Balaban J connectivity index is 1.78. The van der Waals surface area contributed by atoms with Gasteiger partial charge in [0.1, 0.15) is 11.9 Å². The van der Waals surface area contributed by atoms with E-state index >= 15 is 0 Å². The lowest BCUT2D eigenvalue weighted by atomic mass is 9.89. The molecule has 0 N–H and O–H groups in total. The van der Waals surface area contributed by atoms with E-state index in [4.69, 9.17) is 4.74 Å². The molecule has 3 nitrogen and oxygen atoms in total. The van der Waals surface area contributed by atoms with Gasteiger partial charge in [0.2, 0.25) is 5.91 Å². The predicted octanol–water partition coefficient (Wildman–Crippen LogP) is 5.02. The van der Waals surface area contributed by atoms with Gasteiger partial charge in [-0.15, -0.1) is 0 Å². The van der Waals surface area contributed by atoms with E-state index in [-0.39, 0.29) is 17.9 Å². The molecule has 1 amide bonds. The van der Waals surface area contributed by atoms with Crippen LogP contribution in [0.4, 0.5) is 5.69 Å². The minimum absolute atomic E-state index is 0.0102. The second-order valence-electron chi connectivity index (χ2n) is 6.82. The first-order valence-electron chi connectivity index (χ1n) is 9.45. The molecule has 1 aliphatic rings. The topological polar surface area (TPSA) is 29.5 Å². The van der Waals surface area contributed by atoms with Crippen LogP contribution in [0.3, 0.4) is 0 Å². The monoisotopic (exact) mass is 357 g/mol. The van der Waals surface area contributed by atoms with Crippen LogP contribution in [0.5, 0.6) is 5.75 Å². The third-order valence-electron chi connectivity index (χ3n) is 5.07. The largest absolute Gasteiger partial charge is 0.486 e. The second kappa shape index (κ2) is 7.67.